The van der Waals surface area contributed by atoms with Crippen molar-refractivity contribution in [3.05, 3.63) is 83.7 Å². The van der Waals surface area contributed by atoms with E-state index in [9.17, 15) is 22.9 Å². The summed E-state index contributed by atoms with van der Waals surface area (Å²) in [5, 5.41) is 18.1. The number of aliphatic carboxylic acids is 1. The van der Waals surface area contributed by atoms with Crippen molar-refractivity contribution in [3.8, 4) is 22.9 Å². The Balaban J connectivity index is 2.03. The number of carboxylic acids is 1. The van der Waals surface area contributed by atoms with Crippen LogP contribution in [0.3, 0.4) is 0 Å². The summed E-state index contributed by atoms with van der Waals surface area (Å²) in [6, 6.07) is 18.6. The van der Waals surface area contributed by atoms with E-state index in [1.807, 2.05) is 6.07 Å². The van der Waals surface area contributed by atoms with Crippen LogP contribution in [-0.4, -0.2) is 37.5 Å². The topological polar surface area (TPSA) is 108 Å². The van der Waals surface area contributed by atoms with Gasteiger partial charge in [-0.15, -0.1) is 0 Å². The van der Waals surface area contributed by atoms with Crippen LogP contribution >= 0.6 is 0 Å². The van der Waals surface area contributed by atoms with Crippen LogP contribution in [0.4, 0.5) is 4.39 Å². The van der Waals surface area contributed by atoms with Gasteiger partial charge in [-0.1, -0.05) is 30.3 Å². The third-order valence-electron chi connectivity index (χ3n) is 4.65. The van der Waals surface area contributed by atoms with Gasteiger partial charge in [0.15, 0.2) is 6.61 Å². The summed E-state index contributed by atoms with van der Waals surface area (Å²) in [7, 11) is -2.52. The summed E-state index contributed by atoms with van der Waals surface area (Å²) in [5.41, 5.74) is 1.25. The normalized spacial score (nSPS) is 11.2. The maximum atomic E-state index is 14.9. The molecule has 0 amide bonds. The molecule has 0 saturated carbocycles. The number of carboxylic acid groups (broad SMARTS) is 1. The Bertz CT molecular complexity index is 1290. The maximum absolute atomic E-state index is 14.9. The molecule has 1 N–H and O–H groups in total. The zero-order chi connectivity index (χ0) is 23.3. The molecule has 32 heavy (non-hydrogen) atoms. The highest BCUT2D eigenvalue weighted by molar-refractivity contribution is 7.89. The highest BCUT2D eigenvalue weighted by Gasteiger charge is 2.23. The minimum Gasteiger partial charge on any atom is -0.481 e. The third kappa shape index (κ3) is 5.11. The lowest BCUT2D eigenvalue weighted by molar-refractivity contribution is -0.139. The number of sulfonamides is 1. The zero-order valence-electron chi connectivity index (χ0n) is 17.0. The van der Waals surface area contributed by atoms with Gasteiger partial charge < -0.3 is 9.84 Å². The number of benzene rings is 3. The zero-order valence-corrected chi connectivity index (χ0v) is 17.8. The molecule has 164 valence electrons. The number of hydrogen-bond donors (Lipinski definition) is 1. The molecular weight excluding hydrogens is 435 g/mol. The predicted molar refractivity (Wildman–Crippen MR) is 115 cm³/mol. The smallest absolute Gasteiger partial charge is 0.341 e. The number of halogens is 1. The summed E-state index contributed by atoms with van der Waals surface area (Å²) in [5.74, 6) is -2.02. The fraction of sp³-hybridized carbons (Fsp3) is 0.130. The summed E-state index contributed by atoms with van der Waals surface area (Å²) in [6.07, 6.45) is 0. The molecule has 0 bridgehead atoms. The molecule has 7 nitrogen and oxygen atoms in total. The van der Waals surface area contributed by atoms with Crippen LogP contribution in [0.25, 0.3) is 11.1 Å². The molecule has 3 rings (SSSR count). The third-order valence-corrected chi connectivity index (χ3v) is 6.46. The predicted octanol–water partition coefficient (Wildman–Crippen LogP) is 3.65. The molecule has 0 atom stereocenters. The van der Waals surface area contributed by atoms with Crippen LogP contribution in [-0.2, 0) is 21.4 Å². The van der Waals surface area contributed by atoms with Crippen LogP contribution in [0.2, 0.25) is 0 Å². The first-order valence-electron chi connectivity index (χ1n) is 9.41. The summed E-state index contributed by atoms with van der Waals surface area (Å²) in [6.45, 7) is -0.959. The van der Waals surface area contributed by atoms with E-state index in [0.717, 1.165) is 10.4 Å². The molecular formula is C23H19FN2O5S. The Morgan fingerprint density at radius 3 is 2.50 bits per heavy atom. The lowest BCUT2D eigenvalue weighted by Gasteiger charge is -2.19. The van der Waals surface area contributed by atoms with Gasteiger partial charge in [-0.2, -0.15) is 9.57 Å². The van der Waals surface area contributed by atoms with Crippen molar-refractivity contribution in [3.63, 3.8) is 0 Å². The first-order valence-corrected chi connectivity index (χ1v) is 10.9. The van der Waals surface area contributed by atoms with Gasteiger partial charge in [0.05, 0.1) is 16.5 Å². The fourth-order valence-electron chi connectivity index (χ4n) is 3.06. The maximum Gasteiger partial charge on any atom is 0.341 e. The molecule has 0 heterocycles. The molecule has 0 spiro atoms. The lowest BCUT2D eigenvalue weighted by Crippen LogP contribution is -2.27. The number of nitrogens with zero attached hydrogens (tertiary/aromatic N) is 2. The second kappa shape index (κ2) is 9.60. The van der Waals surface area contributed by atoms with Crippen molar-refractivity contribution in [2.75, 3.05) is 13.7 Å². The average Bonchev–Trinajstić information content (AvgIpc) is 2.79. The average molecular weight is 454 g/mol. The fourth-order valence-corrected chi connectivity index (χ4v) is 4.23. The van der Waals surface area contributed by atoms with E-state index in [4.69, 9.17) is 9.84 Å². The Kier molecular flexibility index (Phi) is 6.88. The summed E-state index contributed by atoms with van der Waals surface area (Å²) in [4.78, 5) is 11.0. The number of hydrogen-bond acceptors (Lipinski definition) is 5. The summed E-state index contributed by atoms with van der Waals surface area (Å²) < 4.78 is 46.8. The molecule has 0 unspecified atom stereocenters. The SMILES string of the molecule is CN(Cc1cc(-c2cccc(C#N)c2)c(OCC(=O)O)cc1F)S(=O)(=O)c1ccccc1. The highest BCUT2D eigenvalue weighted by atomic mass is 32.2. The second-order valence-electron chi connectivity index (χ2n) is 6.89. The summed E-state index contributed by atoms with van der Waals surface area (Å²) >= 11 is 0. The molecule has 3 aromatic rings. The Morgan fingerprint density at radius 1 is 1.12 bits per heavy atom. The number of rotatable bonds is 8. The monoisotopic (exact) mass is 454 g/mol. The molecule has 9 heteroatoms. The standard InChI is InChI=1S/C23H19FN2O5S/c1-26(32(29,30)19-8-3-2-4-9-19)14-18-11-20(17-7-5-6-16(10-17)13-25)22(12-21(18)24)31-15-23(27)28/h2-12H,14-15H2,1H3,(H,27,28). The van der Waals surface area contributed by atoms with Gasteiger partial charge in [0.1, 0.15) is 11.6 Å². The molecule has 3 aromatic carbocycles. The van der Waals surface area contributed by atoms with Crippen molar-refractivity contribution >= 4 is 16.0 Å². The van der Waals surface area contributed by atoms with Gasteiger partial charge in [0.25, 0.3) is 0 Å². The van der Waals surface area contributed by atoms with Crippen LogP contribution in [0.5, 0.6) is 5.75 Å². The largest absolute Gasteiger partial charge is 0.481 e. The van der Waals surface area contributed by atoms with Gasteiger partial charge in [-0.05, 0) is 35.9 Å². The van der Waals surface area contributed by atoms with Gasteiger partial charge in [0, 0.05) is 30.8 Å². The van der Waals surface area contributed by atoms with Crippen LogP contribution in [0, 0.1) is 17.1 Å². The molecule has 0 fully saturated rings. The lowest BCUT2D eigenvalue weighted by atomic mass is 9.99. The van der Waals surface area contributed by atoms with Crippen molar-refractivity contribution in [1.82, 2.24) is 4.31 Å². The number of nitriles is 1. The van der Waals surface area contributed by atoms with Crippen LogP contribution in [0.15, 0.2) is 71.6 Å². The van der Waals surface area contributed by atoms with E-state index in [1.54, 1.807) is 42.5 Å². The van der Waals surface area contributed by atoms with Crippen molar-refractivity contribution in [2.45, 2.75) is 11.4 Å². The van der Waals surface area contributed by atoms with E-state index in [2.05, 4.69) is 0 Å². The van der Waals surface area contributed by atoms with Crippen LogP contribution in [0.1, 0.15) is 11.1 Å². The van der Waals surface area contributed by atoms with Crippen molar-refractivity contribution in [2.24, 2.45) is 0 Å². The van der Waals surface area contributed by atoms with E-state index in [1.165, 1.54) is 25.2 Å². The Morgan fingerprint density at radius 2 is 1.84 bits per heavy atom. The first-order chi connectivity index (χ1) is 15.2. The van der Waals surface area contributed by atoms with E-state index in [0.29, 0.717) is 16.7 Å². The quantitative estimate of drug-likeness (QED) is 0.557. The van der Waals surface area contributed by atoms with E-state index < -0.39 is 28.4 Å². The molecule has 0 saturated heterocycles. The van der Waals surface area contributed by atoms with E-state index >= 15 is 0 Å². The number of ether oxygens (including phenoxy) is 1. The van der Waals surface area contributed by atoms with Gasteiger partial charge in [0.2, 0.25) is 10.0 Å². The molecule has 0 aliphatic carbocycles. The number of carbonyl (C=O) groups is 1. The van der Waals surface area contributed by atoms with Gasteiger partial charge in [-0.25, -0.2) is 17.6 Å². The van der Waals surface area contributed by atoms with Crippen molar-refractivity contribution < 1.29 is 27.4 Å². The van der Waals surface area contributed by atoms with E-state index in [-0.39, 0.29) is 22.8 Å². The Hall–Kier alpha value is -3.74. The molecule has 0 radical (unpaired) electrons. The molecule has 0 aliphatic heterocycles. The minimum absolute atomic E-state index is 0.0303. The second-order valence-corrected chi connectivity index (χ2v) is 8.93. The minimum atomic E-state index is -3.86. The van der Waals surface area contributed by atoms with Gasteiger partial charge in [-0.3, -0.25) is 0 Å². The highest BCUT2D eigenvalue weighted by Crippen LogP contribution is 2.34. The van der Waals surface area contributed by atoms with Crippen molar-refractivity contribution in [1.29, 1.82) is 5.26 Å². The molecule has 0 aliphatic rings. The van der Waals surface area contributed by atoms with Gasteiger partial charge >= 0.3 is 5.97 Å². The molecule has 0 aromatic heterocycles. The van der Waals surface area contributed by atoms with Crippen LogP contribution < -0.4 is 4.74 Å². The Labute approximate surface area is 185 Å². The first kappa shape index (κ1) is 22.9.